The van der Waals surface area contributed by atoms with Crippen molar-refractivity contribution in [2.24, 2.45) is 11.5 Å². The standard InChI is InChI=1S/C25H33N7O7/c26-17(10-14-3-5-16(33)6-4-14)22(35)31-19(11-15-12-28-13-29-15)23(36)30-18(7-8-21(27)34)24(37)32-9-1-2-20(32)25(38)39/h3-6,12-13,17-20,33H,1-2,7-11,26H2,(H2,27,34)(H,28,29)(H,30,36)(H,31,35)(H,38,39). The molecule has 1 aromatic heterocycles. The van der Waals surface area contributed by atoms with Gasteiger partial charge in [0.1, 0.15) is 23.9 Å². The molecule has 3 rings (SSSR count). The first-order chi connectivity index (χ1) is 18.5. The van der Waals surface area contributed by atoms with Crippen molar-refractivity contribution >= 4 is 29.6 Å². The van der Waals surface area contributed by atoms with Gasteiger partial charge in [-0.15, -0.1) is 0 Å². The third-order valence-electron chi connectivity index (χ3n) is 6.46. The van der Waals surface area contributed by atoms with Gasteiger partial charge in [-0.05, 0) is 43.4 Å². The largest absolute Gasteiger partial charge is 0.508 e. The number of nitrogens with zero attached hydrogens (tertiary/aromatic N) is 2. The van der Waals surface area contributed by atoms with Gasteiger partial charge in [0.25, 0.3) is 0 Å². The lowest BCUT2D eigenvalue weighted by atomic mass is 10.0. The first-order valence-electron chi connectivity index (χ1n) is 12.5. The van der Waals surface area contributed by atoms with E-state index in [4.69, 9.17) is 11.5 Å². The van der Waals surface area contributed by atoms with Gasteiger partial charge in [-0.25, -0.2) is 9.78 Å². The predicted octanol–water partition coefficient (Wildman–Crippen LogP) is -1.46. The fourth-order valence-corrected chi connectivity index (χ4v) is 4.39. The number of primary amides is 1. The molecule has 1 aromatic carbocycles. The number of nitrogens with two attached hydrogens (primary N) is 2. The molecular weight excluding hydrogens is 510 g/mol. The first kappa shape index (κ1) is 29.1. The number of hydrogen-bond donors (Lipinski definition) is 7. The molecule has 2 heterocycles. The molecule has 210 valence electrons. The molecule has 1 saturated heterocycles. The number of H-pyrrole nitrogens is 1. The molecule has 9 N–H and O–H groups in total. The molecule has 14 heteroatoms. The summed E-state index contributed by atoms with van der Waals surface area (Å²) in [5.74, 6) is -3.80. The number of carboxylic acid groups (broad SMARTS) is 1. The Morgan fingerprint density at radius 1 is 1.08 bits per heavy atom. The molecule has 14 nitrogen and oxygen atoms in total. The second-order valence-electron chi connectivity index (χ2n) is 9.41. The number of carbonyl (C=O) groups excluding carboxylic acids is 4. The highest BCUT2D eigenvalue weighted by atomic mass is 16.4. The quantitative estimate of drug-likeness (QED) is 0.156. The van der Waals surface area contributed by atoms with Crippen LogP contribution in [0.5, 0.6) is 5.75 Å². The summed E-state index contributed by atoms with van der Waals surface area (Å²) in [4.78, 5) is 70.5. The van der Waals surface area contributed by atoms with Crippen LogP contribution in [0.15, 0.2) is 36.8 Å². The summed E-state index contributed by atoms with van der Waals surface area (Å²) in [6.45, 7) is 0.194. The van der Waals surface area contributed by atoms with E-state index in [0.717, 1.165) is 0 Å². The Kier molecular flexibility index (Phi) is 9.98. The van der Waals surface area contributed by atoms with Crippen molar-refractivity contribution in [2.75, 3.05) is 6.54 Å². The zero-order chi connectivity index (χ0) is 28.5. The van der Waals surface area contributed by atoms with Crippen molar-refractivity contribution in [2.45, 2.75) is 62.7 Å². The molecule has 0 spiro atoms. The Labute approximate surface area is 224 Å². The third-order valence-corrected chi connectivity index (χ3v) is 6.46. The first-order valence-corrected chi connectivity index (χ1v) is 12.5. The van der Waals surface area contributed by atoms with Crippen LogP contribution in [0, 0.1) is 0 Å². The van der Waals surface area contributed by atoms with Crippen molar-refractivity contribution in [3.05, 3.63) is 48.0 Å². The maximum Gasteiger partial charge on any atom is 0.326 e. The van der Waals surface area contributed by atoms with Crippen LogP contribution in [-0.2, 0) is 36.8 Å². The molecule has 0 saturated carbocycles. The van der Waals surface area contributed by atoms with Crippen LogP contribution in [0.1, 0.15) is 36.9 Å². The molecule has 4 atom stereocenters. The van der Waals surface area contributed by atoms with Crippen LogP contribution in [0.3, 0.4) is 0 Å². The van der Waals surface area contributed by atoms with E-state index < -0.39 is 53.8 Å². The smallest absolute Gasteiger partial charge is 0.326 e. The normalized spacial score (nSPS) is 17.2. The summed E-state index contributed by atoms with van der Waals surface area (Å²) in [5.41, 5.74) is 12.5. The highest BCUT2D eigenvalue weighted by Crippen LogP contribution is 2.20. The minimum absolute atomic E-state index is 0.0122. The van der Waals surface area contributed by atoms with Gasteiger partial charge < -0.3 is 42.2 Å². The van der Waals surface area contributed by atoms with Crippen molar-refractivity contribution in [1.29, 1.82) is 0 Å². The lowest BCUT2D eigenvalue weighted by Gasteiger charge is -2.28. The minimum Gasteiger partial charge on any atom is -0.508 e. The molecule has 39 heavy (non-hydrogen) atoms. The van der Waals surface area contributed by atoms with Gasteiger partial charge in [-0.3, -0.25) is 19.2 Å². The second kappa shape index (κ2) is 13.4. The van der Waals surface area contributed by atoms with Crippen molar-refractivity contribution in [3.8, 4) is 5.75 Å². The molecule has 0 bridgehead atoms. The number of aromatic amines is 1. The van der Waals surface area contributed by atoms with E-state index >= 15 is 0 Å². The summed E-state index contributed by atoms with van der Waals surface area (Å²) < 4.78 is 0. The SMILES string of the molecule is NC(=O)CCC(NC(=O)C(Cc1cnc[nH]1)NC(=O)C(N)Cc1ccc(O)cc1)C(=O)N1CCCC1C(=O)O. The average Bonchev–Trinajstić information content (AvgIpc) is 3.59. The zero-order valence-corrected chi connectivity index (χ0v) is 21.2. The predicted molar refractivity (Wildman–Crippen MR) is 137 cm³/mol. The van der Waals surface area contributed by atoms with Gasteiger partial charge in [0.2, 0.25) is 23.6 Å². The number of rotatable bonds is 13. The van der Waals surface area contributed by atoms with E-state index in [-0.39, 0.29) is 44.4 Å². The number of carbonyl (C=O) groups is 5. The van der Waals surface area contributed by atoms with Crippen molar-refractivity contribution in [1.82, 2.24) is 25.5 Å². The molecule has 1 fully saturated rings. The van der Waals surface area contributed by atoms with E-state index in [2.05, 4.69) is 20.6 Å². The van der Waals surface area contributed by atoms with Gasteiger partial charge in [-0.1, -0.05) is 12.1 Å². The van der Waals surface area contributed by atoms with E-state index in [1.165, 1.54) is 29.6 Å². The molecular formula is C25H33N7O7. The number of carboxylic acids is 1. The Hall–Kier alpha value is -4.46. The van der Waals surface area contributed by atoms with E-state index in [1.54, 1.807) is 12.1 Å². The van der Waals surface area contributed by atoms with E-state index in [0.29, 0.717) is 17.7 Å². The van der Waals surface area contributed by atoms with Crippen LogP contribution in [-0.4, -0.2) is 85.4 Å². The van der Waals surface area contributed by atoms with Crippen LogP contribution in [0.25, 0.3) is 0 Å². The van der Waals surface area contributed by atoms with E-state index in [9.17, 15) is 34.2 Å². The maximum atomic E-state index is 13.4. The average molecular weight is 544 g/mol. The molecule has 1 aliphatic heterocycles. The number of likely N-dealkylation sites (tertiary alicyclic amines) is 1. The lowest BCUT2D eigenvalue weighted by Crippen LogP contribution is -2.58. The van der Waals surface area contributed by atoms with Gasteiger partial charge in [0.05, 0.1) is 12.4 Å². The summed E-state index contributed by atoms with van der Waals surface area (Å²) in [6, 6.07) is 1.69. The van der Waals surface area contributed by atoms with Gasteiger partial charge >= 0.3 is 5.97 Å². The van der Waals surface area contributed by atoms with Crippen molar-refractivity contribution < 1.29 is 34.2 Å². The number of imidazole rings is 1. The summed E-state index contributed by atoms with van der Waals surface area (Å²) >= 11 is 0. The number of aromatic hydroxyl groups is 1. The number of amides is 4. The fraction of sp³-hybridized carbons (Fsp3) is 0.440. The molecule has 2 aromatic rings. The number of phenols is 1. The Balaban J connectivity index is 1.75. The summed E-state index contributed by atoms with van der Waals surface area (Å²) in [5, 5.41) is 24.1. The second-order valence-corrected chi connectivity index (χ2v) is 9.41. The van der Waals surface area contributed by atoms with Crippen LogP contribution in [0.2, 0.25) is 0 Å². The van der Waals surface area contributed by atoms with Crippen molar-refractivity contribution in [3.63, 3.8) is 0 Å². The summed E-state index contributed by atoms with van der Waals surface area (Å²) in [6.07, 6.45) is 3.38. The summed E-state index contributed by atoms with van der Waals surface area (Å²) in [7, 11) is 0. The molecule has 4 unspecified atom stereocenters. The number of nitrogens with one attached hydrogen (secondary N) is 3. The zero-order valence-electron chi connectivity index (χ0n) is 21.2. The molecule has 4 amide bonds. The topological polar surface area (TPSA) is 234 Å². The van der Waals surface area contributed by atoms with Gasteiger partial charge in [0, 0.05) is 31.3 Å². The number of hydrogen-bond acceptors (Lipinski definition) is 8. The maximum absolute atomic E-state index is 13.4. The Morgan fingerprint density at radius 2 is 1.77 bits per heavy atom. The number of aromatic nitrogens is 2. The minimum atomic E-state index is -1.24. The Bertz CT molecular complexity index is 1170. The molecule has 1 aliphatic rings. The van der Waals surface area contributed by atoms with Gasteiger partial charge in [-0.2, -0.15) is 0 Å². The molecule has 0 radical (unpaired) electrons. The van der Waals surface area contributed by atoms with Crippen LogP contribution < -0.4 is 22.1 Å². The third kappa shape index (κ3) is 8.26. The Morgan fingerprint density at radius 3 is 2.38 bits per heavy atom. The van der Waals surface area contributed by atoms with Gasteiger partial charge in [0.15, 0.2) is 0 Å². The number of aliphatic carboxylic acids is 1. The monoisotopic (exact) mass is 543 g/mol. The lowest BCUT2D eigenvalue weighted by molar-refractivity contribution is -0.149. The van der Waals surface area contributed by atoms with Crippen LogP contribution in [0.4, 0.5) is 0 Å². The van der Waals surface area contributed by atoms with Crippen LogP contribution >= 0.6 is 0 Å². The fourth-order valence-electron chi connectivity index (χ4n) is 4.39. The van der Waals surface area contributed by atoms with E-state index in [1.807, 2.05) is 0 Å². The number of phenolic OH excluding ortho intramolecular Hbond substituents is 1. The highest BCUT2D eigenvalue weighted by molar-refractivity contribution is 5.94. The highest BCUT2D eigenvalue weighted by Gasteiger charge is 2.38. The molecule has 0 aliphatic carbocycles. The number of benzene rings is 1.